The van der Waals surface area contributed by atoms with Crippen LogP contribution in [0.4, 0.5) is 0 Å². The summed E-state index contributed by atoms with van der Waals surface area (Å²) in [6, 6.07) is 0.635. The molecule has 0 bridgehead atoms. The lowest BCUT2D eigenvalue weighted by atomic mass is 9.86. The van der Waals surface area contributed by atoms with Gasteiger partial charge < -0.3 is 14.6 Å². The molecule has 1 saturated heterocycles. The maximum atomic E-state index is 9.09. The Morgan fingerprint density at radius 1 is 1.12 bits per heavy atom. The fourth-order valence-corrected chi connectivity index (χ4v) is 2.67. The van der Waals surface area contributed by atoms with Crippen LogP contribution in [0.1, 0.15) is 25.7 Å². The monoisotopic (exact) mass is 229 g/mol. The van der Waals surface area contributed by atoms with Crippen molar-refractivity contribution in [2.45, 2.75) is 38.0 Å². The Balaban J connectivity index is 1.70. The van der Waals surface area contributed by atoms with E-state index in [1.807, 2.05) is 0 Å². The van der Waals surface area contributed by atoms with Gasteiger partial charge in [-0.15, -0.1) is 0 Å². The van der Waals surface area contributed by atoms with Crippen LogP contribution in [-0.4, -0.2) is 55.8 Å². The number of rotatable bonds is 4. The highest BCUT2D eigenvalue weighted by atomic mass is 16.7. The number of hydrogen-bond donors (Lipinski definition) is 1. The minimum Gasteiger partial charge on any atom is -0.396 e. The minimum atomic E-state index is -0.0273. The van der Waals surface area contributed by atoms with Crippen LogP contribution in [0, 0.1) is 5.92 Å². The van der Waals surface area contributed by atoms with Crippen molar-refractivity contribution >= 4 is 0 Å². The molecular formula is C12H23NO3. The summed E-state index contributed by atoms with van der Waals surface area (Å²) in [5, 5.41) is 9.09. The SMILES string of the molecule is CN(CC1OCCO1)C1CCC(CO)CC1. The summed E-state index contributed by atoms with van der Waals surface area (Å²) in [7, 11) is 2.15. The van der Waals surface area contributed by atoms with Gasteiger partial charge in [-0.3, -0.25) is 4.90 Å². The van der Waals surface area contributed by atoms with Crippen molar-refractivity contribution in [2.75, 3.05) is 33.4 Å². The molecule has 4 nitrogen and oxygen atoms in total. The molecule has 0 unspecified atom stereocenters. The Bertz CT molecular complexity index is 198. The van der Waals surface area contributed by atoms with Crippen LogP contribution in [0.5, 0.6) is 0 Å². The molecule has 4 heteroatoms. The number of ether oxygens (including phenoxy) is 2. The van der Waals surface area contributed by atoms with Crippen molar-refractivity contribution in [3.63, 3.8) is 0 Å². The zero-order chi connectivity index (χ0) is 11.4. The van der Waals surface area contributed by atoms with E-state index < -0.39 is 0 Å². The average molecular weight is 229 g/mol. The fraction of sp³-hybridized carbons (Fsp3) is 1.00. The molecule has 2 aliphatic rings. The molecule has 0 spiro atoms. The van der Waals surface area contributed by atoms with Gasteiger partial charge in [-0.05, 0) is 38.6 Å². The van der Waals surface area contributed by atoms with Crippen molar-refractivity contribution in [1.29, 1.82) is 0 Å². The number of aliphatic hydroxyl groups is 1. The van der Waals surface area contributed by atoms with E-state index in [0.29, 0.717) is 18.6 Å². The second-order valence-corrected chi connectivity index (χ2v) is 4.97. The molecule has 2 fully saturated rings. The van der Waals surface area contributed by atoms with E-state index in [4.69, 9.17) is 14.6 Å². The molecule has 0 aromatic carbocycles. The number of nitrogens with zero attached hydrogens (tertiary/aromatic N) is 1. The predicted octanol–water partition coefficient (Wildman–Crippen LogP) is 0.842. The van der Waals surface area contributed by atoms with Gasteiger partial charge in [0.2, 0.25) is 0 Å². The topological polar surface area (TPSA) is 41.9 Å². The molecule has 0 atom stereocenters. The summed E-state index contributed by atoms with van der Waals surface area (Å²) in [6.45, 7) is 2.69. The highest BCUT2D eigenvalue weighted by Gasteiger charge is 2.26. The summed E-state index contributed by atoms with van der Waals surface area (Å²) < 4.78 is 10.9. The maximum Gasteiger partial charge on any atom is 0.170 e. The molecule has 1 aliphatic carbocycles. The molecule has 94 valence electrons. The van der Waals surface area contributed by atoms with Crippen molar-refractivity contribution in [2.24, 2.45) is 5.92 Å². The van der Waals surface area contributed by atoms with E-state index in [1.54, 1.807) is 0 Å². The lowest BCUT2D eigenvalue weighted by Gasteiger charge is -2.34. The standard InChI is InChI=1S/C12H23NO3/c1-13(8-12-15-6-7-16-12)11-4-2-10(9-14)3-5-11/h10-12,14H,2-9H2,1H3. The normalized spacial score (nSPS) is 32.4. The van der Waals surface area contributed by atoms with E-state index in [-0.39, 0.29) is 6.29 Å². The first-order chi connectivity index (χ1) is 7.79. The van der Waals surface area contributed by atoms with Gasteiger partial charge in [0.05, 0.1) is 13.2 Å². The van der Waals surface area contributed by atoms with Crippen LogP contribution in [-0.2, 0) is 9.47 Å². The van der Waals surface area contributed by atoms with Crippen LogP contribution in [0.2, 0.25) is 0 Å². The largest absolute Gasteiger partial charge is 0.396 e. The number of hydrogen-bond acceptors (Lipinski definition) is 4. The van der Waals surface area contributed by atoms with Crippen LogP contribution in [0.3, 0.4) is 0 Å². The Labute approximate surface area is 97.5 Å². The van der Waals surface area contributed by atoms with Gasteiger partial charge >= 0.3 is 0 Å². The highest BCUT2D eigenvalue weighted by molar-refractivity contribution is 4.78. The number of aliphatic hydroxyl groups excluding tert-OH is 1. The highest BCUT2D eigenvalue weighted by Crippen LogP contribution is 2.27. The summed E-state index contributed by atoms with van der Waals surface area (Å²) in [4.78, 5) is 2.35. The third-order valence-electron chi connectivity index (χ3n) is 3.83. The second kappa shape index (κ2) is 5.96. The fourth-order valence-electron chi connectivity index (χ4n) is 2.67. The molecule has 0 radical (unpaired) electrons. The van der Waals surface area contributed by atoms with Crippen LogP contribution >= 0.6 is 0 Å². The molecule has 0 aromatic rings. The van der Waals surface area contributed by atoms with Crippen LogP contribution < -0.4 is 0 Å². The molecule has 1 saturated carbocycles. The molecule has 2 rings (SSSR count). The van der Waals surface area contributed by atoms with Crippen LogP contribution in [0.25, 0.3) is 0 Å². The predicted molar refractivity (Wildman–Crippen MR) is 61.2 cm³/mol. The minimum absolute atomic E-state index is 0.0273. The van der Waals surface area contributed by atoms with Gasteiger partial charge in [-0.1, -0.05) is 0 Å². The van der Waals surface area contributed by atoms with Crippen molar-refractivity contribution in [1.82, 2.24) is 4.90 Å². The first-order valence-electron chi connectivity index (χ1n) is 6.34. The molecule has 1 N–H and O–H groups in total. The van der Waals surface area contributed by atoms with E-state index in [0.717, 1.165) is 32.6 Å². The number of likely N-dealkylation sites (N-methyl/N-ethyl adjacent to an activating group) is 1. The maximum absolute atomic E-state index is 9.09. The molecule has 0 aromatic heterocycles. The van der Waals surface area contributed by atoms with Gasteiger partial charge in [-0.25, -0.2) is 0 Å². The lowest BCUT2D eigenvalue weighted by Crippen LogP contribution is -2.40. The van der Waals surface area contributed by atoms with Crippen molar-refractivity contribution in [3.05, 3.63) is 0 Å². The van der Waals surface area contributed by atoms with Gasteiger partial charge in [0.1, 0.15) is 0 Å². The molecule has 1 aliphatic heterocycles. The van der Waals surface area contributed by atoms with E-state index in [1.165, 1.54) is 12.8 Å². The third kappa shape index (κ3) is 3.17. The van der Waals surface area contributed by atoms with Gasteiger partial charge in [0.15, 0.2) is 6.29 Å². The van der Waals surface area contributed by atoms with Gasteiger partial charge in [0.25, 0.3) is 0 Å². The second-order valence-electron chi connectivity index (χ2n) is 4.97. The smallest absolute Gasteiger partial charge is 0.170 e. The Morgan fingerprint density at radius 2 is 1.75 bits per heavy atom. The molecule has 16 heavy (non-hydrogen) atoms. The van der Waals surface area contributed by atoms with Gasteiger partial charge in [-0.2, -0.15) is 0 Å². The molecule has 0 amide bonds. The van der Waals surface area contributed by atoms with Crippen molar-refractivity contribution in [3.8, 4) is 0 Å². The average Bonchev–Trinajstić information content (AvgIpc) is 2.82. The zero-order valence-electron chi connectivity index (χ0n) is 10.1. The quantitative estimate of drug-likeness (QED) is 0.776. The summed E-state index contributed by atoms with van der Waals surface area (Å²) in [6.07, 6.45) is 4.65. The van der Waals surface area contributed by atoms with Crippen LogP contribution in [0.15, 0.2) is 0 Å². The lowest BCUT2D eigenvalue weighted by molar-refractivity contribution is -0.0669. The molecular weight excluding hydrogens is 206 g/mol. The summed E-state index contributed by atoms with van der Waals surface area (Å²) >= 11 is 0. The Hall–Kier alpha value is -0.160. The summed E-state index contributed by atoms with van der Waals surface area (Å²) in [5.41, 5.74) is 0. The Morgan fingerprint density at radius 3 is 2.31 bits per heavy atom. The first kappa shape index (κ1) is 12.3. The van der Waals surface area contributed by atoms with E-state index in [2.05, 4.69) is 11.9 Å². The zero-order valence-corrected chi connectivity index (χ0v) is 10.1. The van der Waals surface area contributed by atoms with Crippen molar-refractivity contribution < 1.29 is 14.6 Å². The third-order valence-corrected chi connectivity index (χ3v) is 3.83. The van der Waals surface area contributed by atoms with Gasteiger partial charge in [0, 0.05) is 19.2 Å². The van der Waals surface area contributed by atoms with E-state index in [9.17, 15) is 0 Å². The first-order valence-corrected chi connectivity index (χ1v) is 6.34. The molecule has 1 heterocycles. The summed E-state index contributed by atoms with van der Waals surface area (Å²) in [5.74, 6) is 0.531. The van der Waals surface area contributed by atoms with E-state index >= 15 is 0 Å². The Kier molecular flexibility index (Phi) is 4.58.